The van der Waals surface area contributed by atoms with Gasteiger partial charge in [-0.15, -0.1) is 0 Å². The molecule has 3 nitrogen and oxygen atoms in total. The maximum Gasteiger partial charge on any atom is 0.433 e. The van der Waals surface area contributed by atoms with Crippen LogP contribution in [0.1, 0.15) is 18.5 Å². The average Bonchev–Trinajstić information content (AvgIpc) is 2.73. The lowest BCUT2D eigenvalue weighted by molar-refractivity contribution is -0.144. The van der Waals surface area contributed by atoms with Crippen molar-refractivity contribution >= 4 is 11.6 Å². The quantitative estimate of drug-likeness (QED) is 0.726. The molecule has 0 atom stereocenters. The van der Waals surface area contributed by atoms with E-state index in [4.69, 9.17) is 11.6 Å². The number of alkyl halides is 3. The van der Waals surface area contributed by atoms with Gasteiger partial charge in [-0.1, -0.05) is 11.6 Å². The normalized spacial score (nSPS) is 15.0. The Morgan fingerprint density at radius 1 is 1.09 bits per heavy atom. The summed E-state index contributed by atoms with van der Waals surface area (Å²) in [5.41, 5.74) is -2.95. The van der Waals surface area contributed by atoms with Crippen LogP contribution in [0, 0.1) is 5.82 Å². The molecule has 3 rings (SSSR count). The van der Waals surface area contributed by atoms with Gasteiger partial charge in [0, 0.05) is 23.7 Å². The topological polar surface area (TPSA) is 26.9 Å². The summed E-state index contributed by atoms with van der Waals surface area (Å²) in [6.07, 6.45) is -3.59. The van der Waals surface area contributed by atoms with Crippen LogP contribution in [0.5, 0.6) is 0 Å². The van der Waals surface area contributed by atoms with Crippen molar-refractivity contribution in [2.75, 3.05) is 0 Å². The summed E-state index contributed by atoms with van der Waals surface area (Å²) in [7, 11) is 0. The van der Waals surface area contributed by atoms with E-state index in [-0.39, 0.29) is 23.7 Å². The molecule has 2 heterocycles. The molecule has 118 valence electrons. The standard InChI is InChI=1S/C14H11ClF4N2O/c15-8-3-4-9(10(16)7-8)11-12(14(17,18)19)20-5-1-2-6-21(20)13(11)22/h3-4,7H,1-2,5-6H2. The van der Waals surface area contributed by atoms with Crippen LogP contribution in [-0.4, -0.2) is 9.36 Å². The van der Waals surface area contributed by atoms with E-state index in [0.717, 1.165) is 21.5 Å². The summed E-state index contributed by atoms with van der Waals surface area (Å²) in [6.45, 7) is 0.274. The van der Waals surface area contributed by atoms with Crippen molar-refractivity contribution in [2.45, 2.75) is 32.1 Å². The second-order valence-electron chi connectivity index (χ2n) is 5.10. The lowest BCUT2D eigenvalue weighted by Crippen LogP contribution is -2.28. The Labute approximate surface area is 127 Å². The van der Waals surface area contributed by atoms with E-state index in [1.807, 2.05) is 0 Å². The van der Waals surface area contributed by atoms with Gasteiger partial charge in [0.05, 0.1) is 5.56 Å². The van der Waals surface area contributed by atoms with Crippen LogP contribution < -0.4 is 5.56 Å². The van der Waals surface area contributed by atoms with Crippen LogP contribution in [0.15, 0.2) is 23.0 Å². The molecular formula is C14H11ClF4N2O. The molecular weight excluding hydrogens is 324 g/mol. The van der Waals surface area contributed by atoms with E-state index in [0.29, 0.717) is 12.8 Å². The number of hydrogen-bond donors (Lipinski definition) is 0. The van der Waals surface area contributed by atoms with Gasteiger partial charge in [0.1, 0.15) is 5.82 Å². The highest BCUT2D eigenvalue weighted by atomic mass is 35.5. The van der Waals surface area contributed by atoms with E-state index in [1.165, 1.54) is 6.07 Å². The summed E-state index contributed by atoms with van der Waals surface area (Å²) < 4.78 is 56.3. The molecule has 1 aromatic carbocycles. The smallest absolute Gasteiger partial charge is 0.277 e. The Bertz CT molecular complexity index is 791. The van der Waals surface area contributed by atoms with Crippen LogP contribution in [-0.2, 0) is 19.3 Å². The van der Waals surface area contributed by atoms with E-state index >= 15 is 0 Å². The maximum atomic E-state index is 14.0. The molecule has 0 saturated heterocycles. The average molecular weight is 335 g/mol. The van der Waals surface area contributed by atoms with Crippen LogP contribution >= 0.6 is 11.6 Å². The fourth-order valence-corrected chi connectivity index (χ4v) is 2.95. The molecule has 2 aromatic rings. The Balaban J connectivity index is 2.36. The van der Waals surface area contributed by atoms with Crippen LogP contribution in [0.3, 0.4) is 0 Å². The van der Waals surface area contributed by atoms with Gasteiger partial charge in [-0.2, -0.15) is 13.2 Å². The zero-order chi connectivity index (χ0) is 16.1. The first-order chi connectivity index (χ1) is 10.3. The molecule has 0 amide bonds. The van der Waals surface area contributed by atoms with Crippen LogP contribution in [0.2, 0.25) is 5.02 Å². The molecule has 0 saturated carbocycles. The monoisotopic (exact) mass is 334 g/mol. The molecule has 0 bridgehead atoms. The molecule has 0 radical (unpaired) electrons. The van der Waals surface area contributed by atoms with Crippen molar-refractivity contribution < 1.29 is 17.6 Å². The summed E-state index contributed by atoms with van der Waals surface area (Å²) in [5, 5.41) is 0.0545. The zero-order valence-corrected chi connectivity index (χ0v) is 12.0. The lowest BCUT2D eigenvalue weighted by Gasteiger charge is -2.20. The predicted molar refractivity (Wildman–Crippen MR) is 73.3 cm³/mol. The number of halogens is 5. The van der Waals surface area contributed by atoms with Crippen LogP contribution in [0.4, 0.5) is 17.6 Å². The van der Waals surface area contributed by atoms with Crippen molar-refractivity contribution in [3.05, 3.63) is 45.1 Å². The number of hydrogen-bond acceptors (Lipinski definition) is 1. The number of benzene rings is 1. The summed E-state index contributed by atoms with van der Waals surface area (Å²) >= 11 is 5.62. The molecule has 0 unspecified atom stereocenters. The van der Waals surface area contributed by atoms with Gasteiger partial charge in [0.2, 0.25) is 0 Å². The SMILES string of the molecule is O=c1c(-c2ccc(Cl)cc2F)c(C(F)(F)F)n2n1CCCC2. The van der Waals surface area contributed by atoms with Gasteiger partial charge in [-0.3, -0.25) is 9.48 Å². The first-order valence-electron chi connectivity index (χ1n) is 6.67. The van der Waals surface area contributed by atoms with E-state index in [2.05, 4.69) is 0 Å². The molecule has 0 fully saturated rings. The highest BCUT2D eigenvalue weighted by Crippen LogP contribution is 2.38. The molecule has 1 aliphatic heterocycles. The van der Waals surface area contributed by atoms with Gasteiger partial charge in [-0.05, 0) is 31.0 Å². The molecule has 0 N–H and O–H groups in total. The van der Waals surface area contributed by atoms with Gasteiger partial charge in [0.25, 0.3) is 5.56 Å². The fraction of sp³-hybridized carbons (Fsp3) is 0.357. The second-order valence-corrected chi connectivity index (χ2v) is 5.54. The highest BCUT2D eigenvalue weighted by Gasteiger charge is 2.42. The van der Waals surface area contributed by atoms with Gasteiger partial charge < -0.3 is 0 Å². The maximum absolute atomic E-state index is 14.0. The van der Waals surface area contributed by atoms with E-state index in [1.54, 1.807) is 0 Å². The molecule has 0 spiro atoms. The molecule has 1 aliphatic rings. The Morgan fingerprint density at radius 3 is 2.32 bits per heavy atom. The second kappa shape index (κ2) is 5.15. The summed E-state index contributed by atoms with van der Waals surface area (Å²) in [4.78, 5) is 12.4. The van der Waals surface area contributed by atoms with Gasteiger partial charge >= 0.3 is 6.18 Å². The first kappa shape index (κ1) is 15.1. The Hall–Kier alpha value is -1.76. The number of nitrogens with zero attached hydrogens (tertiary/aromatic N) is 2. The van der Waals surface area contributed by atoms with Crippen molar-refractivity contribution in [3.8, 4) is 11.1 Å². The van der Waals surface area contributed by atoms with Crippen molar-refractivity contribution in [2.24, 2.45) is 0 Å². The Morgan fingerprint density at radius 2 is 1.73 bits per heavy atom. The third-order valence-electron chi connectivity index (χ3n) is 3.69. The Kier molecular flexibility index (Phi) is 3.55. The molecule has 22 heavy (non-hydrogen) atoms. The third-order valence-corrected chi connectivity index (χ3v) is 3.93. The number of rotatable bonds is 1. The lowest BCUT2D eigenvalue weighted by atomic mass is 10.1. The van der Waals surface area contributed by atoms with E-state index < -0.39 is 28.8 Å². The van der Waals surface area contributed by atoms with Crippen molar-refractivity contribution in [3.63, 3.8) is 0 Å². The molecule has 0 aliphatic carbocycles. The number of aromatic nitrogens is 2. The minimum atomic E-state index is -4.75. The highest BCUT2D eigenvalue weighted by molar-refractivity contribution is 6.30. The first-order valence-corrected chi connectivity index (χ1v) is 7.04. The van der Waals surface area contributed by atoms with Crippen molar-refractivity contribution in [1.29, 1.82) is 0 Å². The third kappa shape index (κ3) is 2.33. The van der Waals surface area contributed by atoms with E-state index in [9.17, 15) is 22.4 Å². The summed E-state index contributed by atoms with van der Waals surface area (Å²) in [5.74, 6) is -0.946. The minimum Gasteiger partial charge on any atom is -0.277 e. The molecule has 1 aromatic heterocycles. The minimum absolute atomic E-state index is 0.0545. The summed E-state index contributed by atoms with van der Waals surface area (Å²) in [6, 6.07) is 3.27. The van der Waals surface area contributed by atoms with Gasteiger partial charge in [-0.25, -0.2) is 9.07 Å². The number of fused-ring (bicyclic) bond motifs is 1. The van der Waals surface area contributed by atoms with Crippen LogP contribution in [0.25, 0.3) is 11.1 Å². The predicted octanol–water partition coefficient (Wildman–Crippen LogP) is 3.92. The largest absolute Gasteiger partial charge is 0.433 e. The van der Waals surface area contributed by atoms with Gasteiger partial charge in [0.15, 0.2) is 5.69 Å². The fourth-order valence-electron chi connectivity index (χ4n) is 2.79. The molecule has 8 heteroatoms. The van der Waals surface area contributed by atoms with Crippen molar-refractivity contribution in [1.82, 2.24) is 9.36 Å². The zero-order valence-electron chi connectivity index (χ0n) is 11.3.